The van der Waals surface area contributed by atoms with Crippen molar-refractivity contribution < 1.29 is 19.4 Å². The third-order valence-corrected chi connectivity index (χ3v) is 6.10. The molecule has 1 unspecified atom stereocenters. The van der Waals surface area contributed by atoms with Gasteiger partial charge in [-0.1, -0.05) is 48.5 Å². The molecule has 2 aromatic rings. The molecule has 2 fully saturated rings. The lowest BCUT2D eigenvalue weighted by Gasteiger charge is -2.18. The predicted molar refractivity (Wildman–Crippen MR) is 124 cm³/mol. The molecular formula is C26H30N2O4. The highest BCUT2D eigenvalue weighted by Crippen LogP contribution is 2.44. The molecular weight excluding hydrogens is 404 g/mol. The highest BCUT2D eigenvalue weighted by Gasteiger charge is 2.30. The molecule has 2 saturated heterocycles. The van der Waals surface area contributed by atoms with Crippen LogP contribution in [-0.2, 0) is 9.53 Å². The number of nitrogens with zero attached hydrogens (tertiary/aromatic N) is 2. The summed E-state index contributed by atoms with van der Waals surface area (Å²) >= 11 is 0. The summed E-state index contributed by atoms with van der Waals surface area (Å²) in [7, 11) is 0. The van der Waals surface area contributed by atoms with E-state index in [2.05, 4.69) is 61.4 Å². The molecule has 2 aliphatic heterocycles. The molecule has 6 nitrogen and oxygen atoms in total. The monoisotopic (exact) mass is 434 g/mol. The van der Waals surface area contributed by atoms with Crippen LogP contribution in [0.4, 0.5) is 4.79 Å². The van der Waals surface area contributed by atoms with Gasteiger partial charge in [-0.25, -0.2) is 4.79 Å². The van der Waals surface area contributed by atoms with Crippen LogP contribution < -0.4 is 0 Å². The van der Waals surface area contributed by atoms with Crippen molar-refractivity contribution in [2.24, 2.45) is 0 Å². The van der Waals surface area contributed by atoms with Gasteiger partial charge in [-0.15, -0.1) is 12.8 Å². The van der Waals surface area contributed by atoms with Crippen molar-refractivity contribution in [2.45, 2.75) is 37.8 Å². The minimum absolute atomic E-state index is 0.152. The van der Waals surface area contributed by atoms with Crippen LogP contribution in [0.1, 0.15) is 42.7 Å². The second-order valence-electron chi connectivity index (χ2n) is 7.96. The van der Waals surface area contributed by atoms with E-state index in [0.717, 1.165) is 38.8 Å². The number of rotatable bonds is 3. The average Bonchev–Trinajstić information content (AvgIpc) is 3.59. The second kappa shape index (κ2) is 11.4. The van der Waals surface area contributed by atoms with Gasteiger partial charge in [-0.05, 0) is 47.9 Å². The lowest BCUT2D eigenvalue weighted by atomic mass is 9.98. The average molecular weight is 435 g/mol. The van der Waals surface area contributed by atoms with Crippen LogP contribution in [-0.4, -0.2) is 59.9 Å². The van der Waals surface area contributed by atoms with Crippen molar-refractivity contribution in [2.75, 3.05) is 26.2 Å². The van der Waals surface area contributed by atoms with Gasteiger partial charge in [0.05, 0.1) is 0 Å². The molecule has 1 aliphatic carbocycles. The Hall–Kier alpha value is -3.30. The quantitative estimate of drug-likeness (QED) is 0.589. The molecule has 0 spiro atoms. The lowest BCUT2D eigenvalue weighted by molar-refractivity contribution is -0.124. The Morgan fingerprint density at radius 3 is 2.00 bits per heavy atom. The van der Waals surface area contributed by atoms with Gasteiger partial charge in [0.15, 0.2) is 0 Å². The number of benzene rings is 2. The van der Waals surface area contributed by atoms with Gasteiger partial charge in [-0.2, -0.15) is 0 Å². The van der Waals surface area contributed by atoms with Gasteiger partial charge in [-0.3, -0.25) is 4.79 Å². The zero-order valence-corrected chi connectivity index (χ0v) is 18.2. The molecule has 2 aromatic carbocycles. The number of ether oxygens (including phenoxy) is 1. The smallest absolute Gasteiger partial charge is 0.409 e. The summed E-state index contributed by atoms with van der Waals surface area (Å²) < 4.78 is 5.61. The van der Waals surface area contributed by atoms with Gasteiger partial charge >= 0.3 is 6.09 Å². The molecule has 3 aliphatic rings. The number of hydrogen-bond donors (Lipinski definition) is 1. The van der Waals surface area contributed by atoms with Gasteiger partial charge in [0.2, 0.25) is 6.41 Å². The van der Waals surface area contributed by atoms with Crippen LogP contribution in [0.2, 0.25) is 0 Å². The normalized spacial score (nSPS) is 18.5. The van der Waals surface area contributed by atoms with Crippen LogP contribution >= 0.6 is 0 Å². The number of likely N-dealkylation sites (tertiary alicyclic amines) is 2. The molecule has 2 amide bonds. The summed E-state index contributed by atoms with van der Waals surface area (Å²) in [5.74, 6) is 0.152. The van der Waals surface area contributed by atoms with E-state index in [1.165, 1.54) is 27.2 Å². The number of terminal acetylenes is 1. The molecule has 0 radical (unpaired) electrons. The zero-order chi connectivity index (χ0) is 22.9. The van der Waals surface area contributed by atoms with Crippen molar-refractivity contribution in [3.63, 3.8) is 0 Å². The van der Waals surface area contributed by atoms with Crippen molar-refractivity contribution in [3.05, 3.63) is 59.7 Å². The maximum absolute atomic E-state index is 12.1. The molecule has 0 aromatic heterocycles. The minimum Gasteiger partial charge on any atom is -0.448 e. The van der Waals surface area contributed by atoms with E-state index in [0.29, 0.717) is 19.6 Å². The van der Waals surface area contributed by atoms with E-state index >= 15 is 0 Å². The van der Waals surface area contributed by atoms with E-state index in [1.54, 1.807) is 0 Å². The first-order chi connectivity index (χ1) is 15.7. The summed E-state index contributed by atoms with van der Waals surface area (Å²) in [5, 5.41) is 8.88. The molecule has 0 bridgehead atoms. The Morgan fingerprint density at radius 2 is 1.53 bits per heavy atom. The molecule has 1 N–H and O–H groups in total. The Bertz CT molecular complexity index is 891. The van der Waals surface area contributed by atoms with Crippen LogP contribution in [0.5, 0.6) is 0 Å². The van der Waals surface area contributed by atoms with E-state index in [-0.39, 0.29) is 12.0 Å². The van der Waals surface area contributed by atoms with E-state index in [1.807, 2.05) is 4.90 Å². The Kier molecular flexibility index (Phi) is 8.29. The first-order valence-corrected chi connectivity index (χ1v) is 11.0. The number of carbonyl (C=O) groups excluding carboxylic acids is 2. The predicted octanol–water partition coefficient (Wildman–Crippen LogP) is 3.84. The highest BCUT2D eigenvalue weighted by molar-refractivity contribution is 5.79. The lowest BCUT2D eigenvalue weighted by Crippen LogP contribution is -2.29. The van der Waals surface area contributed by atoms with E-state index < -0.39 is 6.23 Å². The van der Waals surface area contributed by atoms with Crippen LogP contribution in [0.3, 0.4) is 0 Å². The fraction of sp³-hybridized carbons (Fsp3) is 0.385. The van der Waals surface area contributed by atoms with E-state index in [9.17, 15) is 9.59 Å². The number of aliphatic hydroxyl groups excluding tert-OH is 1. The fourth-order valence-corrected chi connectivity index (χ4v) is 4.48. The SMILES string of the molecule is C#C.O=C(OCC1c2ccccc2-c2ccccc21)N1CCCC1.O=CN1CCCC1O. The third-order valence-electron chi connectivity index (χ3n) is 6.10. The number of hydrogen-bond acceptors (Lipinski definition) is 4. The summed E-state index contributed by atoms with van der Waals surface area (Å²) in [6, 6.07) is 16.8. The van der Waals surface area contributed by atoms with Gasteiger partial charge in [0.25, 0.3) is 0 Å². The Morgan fingerprint density at radius 1 is 0.969 bits per heavy atom. The van der Waals surface area contributed by atoms with Gasteiger partial charge < -0.3 is 19.6 Å². The van der Waals surface area contributed by atoms with Crippen molar-refractivity contribution in [1.29, 1.82) is 0 Å². The Labute approximate surface area is 189 Å². The molecule has 1 atom stereocenters. The third kappa shape index (κ3) is 5.12. The minimum atomic E-state index is -0.507. The number of carbonyl (C=O) groups is 2. The van der Waals surface area contributed by atoms with Crippen molar-refractivity contribution >= 4 is 12.5 Å². The topological polar surface area (TPSA) is 70.1 Å². The number of aliphatic hydroxyl groups is 1. The zero-order valence-electron chi connectivity index (χ0n) is 18.2. The van der Waals surface area contributed by atoms with Gasteiger partial charge in [0, 0.05) is 25.6 Å². The van der Waals surface area contributed by atoms with Crippen molar-refractivity contribution in [3.8, 4) is 24.0 Å². The number of fused-ring (bicyclic) bond motifs is 3. The number of amides is 2. The fourth-order valence-electron chi connectivity index (χ4n) is 4.48. The molecule has 168 valence electrons. The first-order valence-electron chi connectivity index (χ1n) is 11.0. The van der Waals surface area contributed by atoms with Crippen LogP contribution in [0.25, 0.3) is 11.1 Å². The molecule has 2 heterocycles. The largest absolute Gasteiger partial charge is 0.448 e. The second-order valence-corrected chi connectivity index (χ2v) is 7.96. The molecule has 0 saturated carbocycles. The van der Waals surface area contributed by atoms with Crippen molar-refractivity contribution in [1.82, 2.24) is 9.80 Å². The summed E-state index contributed by atoms with van der Waals surface area (Å²) in [6.45, 7) is 2.79. The maximum atomic E-state index is 12.1. The molecule has 32 heavy (non-hydrogen) atoms. The van der Waals surface area contributed by atoms with Crippen LogP contribution in [0, 0.1) is 12.8 Å². The standard InChI is InChI=1S/C19H19NO2.C5H9NO2.C2H2/c21-19(20-11-5-6-12-20)22-13-18-16-9-3-1-7-14(16)15-8-2-4-10-17(15)18;7-4-6-3-1-2-5(6)8;1-2/h1-4,7-10,18H,5-6,11-13H2;4-5,8H,1-3H2;1-2H. The first kappa shape index (κ1) is 23.4. The molecule has 5 rings (SSSR count). The Balaban J connectivity index is 0.000000244. The van der Waals surface area contributed by atoms with Gasteiger partial charge in [0.1, 0.15) is 12.8 Å². The highest BCUT2D eigenvalue weighted by atomic mass is 16.6. The summed E-state index contributed by atoms with van der Waals surface area (Å²) in [5.41, 5.74) is 5.05. The summed E-state index contributed by atoms with van der Waals surface area (Å²) in [6.07, 6.45) is 11.9. The molecule has 6 heteroatoms. The van der Waals surface area contributed by atoms with Crippen LogP contribution in [0.15, 0.2) is 48.5 Å². The summed E-state index contributed by atoms with van der Waals surface area (Å²) in [4.78, 5) is 25.3. The van der Waals surface area contributed by atoms with E-state index in [4.69, 9.17) is 9.84 Å². The maximum Gasteiger partial charge on any atom is 0.409 e.